The maximum Gasteiger partial charge on any atom is 0.307 e. The highest BCUT2D eigenvalue weighted by atomic mass is 16.5. The summed E-state index contributed by atoms with van der Waals surface area (Å²) in [7, 11) is 0. The number of carboxylic acids is 1. The van der Waals surface area contributed by atoms with Crippen molar-refractivity contribution >= 4 is 5.97 Å². The SMILES string of the molecule is CC1CC(C(=O)O)CN(Cc2ccc(OCc3ccccc3)cc2)C1. The van der Waals surface area contributed by atoms with E-state index in [1.54, 1.807) is 0 Å². The number of likely N-dealkylation sites (tertiary alicyclic amines) is 1. The van der Waals surface area contributed by atoms with Crippen molar-refractivity contribution in [1.82, 2.24) is 4.90 Å². The van der Waals surface area contributed by atoms with E-state index < -0.39 is 5.97 Å². The van der Waals surface area contributed by atoms with Gasteiger partial charge in [0.05, 0.1) is 5.92 Å². The molecule has 0 spiro atoms. The molecule has 1 heterocycles. The summed E-state index contributed by atoms with van der Waals surface area (Å²) in [6.07, 6.45) is 0.776. The molecule has 1 saturated heterocycles. The van der Waals surface area contributed by atoms with Gasteiger partial charge in [0.25, 0.3) is 0 Å². The van der Waals surface area contributed by atoms with Crippen molar-refractivity contribution in [2.24, 2.45) is 11.8 Å². The number of aliphatic carboxylic acids is 1. The summed E-state index contributed by atoms with van der Waals surface area (Å²) in [6, 6.07) is 18.2. The van der Waals surface area contributed by atoms with E-state index >= 15 is 0 Å². The predicted molar refractivity (Wildman–Crippen MR) is 97.4 cm³/mol. The van der Waals surface area contributed by atoms with Gasteiger partial charge in [0, 0.05) is 19.6 Å². The molecule has 0 aromatic heterocycles. The molecule has 1 fully saturated rings. The molecule has 0 aliphatic carbocycles. The Kier molecular flexibility index (Phi) is 5.71. The minimum Gasteiger partial charge on any atom is -0.489 e. The van der Waals surface area contributed by atoms with Gasteiger partial charge in [-0.25, -0.2) is 0 Å². The Labute approximate surface area is 149 Å². The van der Waals surface area contributed by atoms with Crippen LogP contribution in [0, 0.1) is 11.8 Å². The number of carboxylic acid groups (broad SMARTS) is 1. The number of nitrogens with zero attached hydrogens (tertiary/aromatic N) is 1. The molecule has 4 heteroatoms. The van der Waals surface area contributed by atoms with Crippen LogP contribution in [0.15, 0.2) is 54.6 Å². The molecule has 0 bridgehead atoms. The summed E-state index contributed by atoms with van der Waals surface area (Å²) in [5.74, 6) is 0.338. The van der Waals surface area contributed by atoms with E-state index in [0.29, 0.717) is 19.1 Å². The number of rotatable bonds is 6. The van der Waals surface area contributed by atoms with Crippen molar-refractivity contribution in [3.05, 3.63) is 65.7 Å². The summed E-state index contributed by atoms with van der Waals surface area (Å²) in [4.78, 5) is 13.5. The first-order chi connectivity index (χ1) is 12.1. The third-order valence-electron chi connectivity index (χ3n) is 4.66. The fourth-order valence-corrected chi connectivity index (χ4v) is 3.46. The van der Waals surface area contributed by atoms with Gasteiger partial charge in [0.15, 0.2) is 0 Å². The average molecular weight is 339 g/mol. The second kappa shape index (κ2) is 8.17. The van der Waals surface area contributed by atoms with Crippen molar-refractivity contribution < 1.29 is 14.6 Å². The van der Waals surface area contributed by atoms with Crippen LogP contribution >= 0.6 is 0 Å². The van der Waals surface area contributed by atoms with Gasteiger partial charge in [-0.05, 0) is 35.6 Å². The van der Waals surface area contributed by atoms with Crippen LogP contribution in [0.3, 0.4) is 0 Å². The molecule has 2 unspecified atom stereocenters. The molecule has 1 aliphatic rings. The molecule has 1 aliphatic heterocycles. The van der Waals surface area contributed by atoms with E-state index in [1.165, 1.54) is 5.56 Å². The molecule has 2 aromatic rings. The number of ether oxygens (including phenoxy) is 1. The van der Waals surface area contributed by atoms with Crippen molar-refractivity contribution in [2.45, 2.75) is 26.5 Å². The normalized spacial score (nSPS) is 21.0. The summed E-state index contributed by atoms with van der Waals surface area (Å²) < 4.78 is 5.81. The van der Waals surface area contributed by atoms with Crippen LogP contribution in [0.2, 0.25) is 0 Å². The molecular formula is C21H25NO3. The van der Waals surface area contributed by atoms with Gasteiger partial charge in [-0.3, -0.25) is 9.69 Å². The number of hydrogen-bond donors (Lipinski definition) is 1. The van der Waals surface area contributed by atoms with E-state index in [4.69, 9.17) is 4.74 Å². The van der Waals surface area contributed by atoms with Crippen LogP contribution in [-0.4, -0.2) is 29.1 Å². The number of benzene rings is 2. The Morgan fingerprint density at radius 2 is 1.80 bits per heavy atom. The van der Waals surface area contributed by atoms with Crippen LogP contribution < -0.4 is 4.74 Å². The molecule has 0 amide bonds. The molecule has 0 radical (unpaired) electrons. The highest BCUT2D eigenvalue weighted by Crippen LogP contribution is 2.24. The molecule has 132 valence electrons. The summed E-state index contributed by atoms with van der Waals surface area (Å²) in [5, 5.41) is 9.29. The molecule has 25 heavy (non-hydrogen) atoms. The molecule has 4 nitrogen and oxygen atoms in total. The molecule has 1 N–H and O–H groups in total. The van der Waals surface area contributed by atoms with Gasteiger partial charge in [-0.15, -0.1) is 0 Å². The first kappa shape index (κ1) is 17.5. The van der Waals surface area contributed by atoms with Crippen LogP contribution in [0.5, 0.6) is 5.75 Å². The summed E-state index contributed by atoms with van der Waals surface area (Å²) in [6.45, 7) is 5.06. The Morgan fingerprint density at radius 3 is 2.48 bits per heavy atom. The lowest BCUT2D eigenvalue weighted by molar-refractivity contribution is -0.144. The zero-order valence-corrected chi connectivity index (χ0v) is 14.6. The zero-order chi connectivity index (χ0) is 17.6. The van der Waals surface area contributed by atoms with Crippen molar-refractivity contribution in [3.8, 4) is 5.75 Å². The van der Waals surface area contributed by atoms with Gasteiger partial charge >= 0.3 is 5.97 Å². The Balaban J connectivity index is 1.54. The number of hydrogen-bond acceptors (Lipinski definition) is 3. The molecule has 3 rings (SSSR count). The van der Waals surface area contributed by atoms with Gasteiger partial charge < -0.3 is 9.84 Å². The summed E-state index contributed by atoms with van der Waals surface area (Å²) in [5.41, 5.74) is 2.33. The van der Waals surface area contributed by atoms with Gasteiger partial charge in [0.2, 0.25) is 0 Å². The lowest BCUT2D eigenvalue weighted by atomic mass is 9.90. The van der Waals surface area contributed by atoms with E-state index in [9.17, 15) is 9.90 Å². The van der Waals surface area contributed by atoms with Crippen molar-refractivity contribution in [1.29, 1.82) is 0 Å². The van der Waals surface area contributed by atoms with Crippen LogP contribution in [0.25, 0.3) is 0 Å². The Morgan fingerprint density at radius 1 is 1.08 bits per heavy atom. The molecule has 2 aromatic carbocycles. The van der Waals surface area contributed by atoms with Crippen LogP contribution in [0.4, 0.5) is 0 Å². The molecular weight excluding hydrogens is 314 g/mol. The third kappa shape index (κ3) is 5.07. The van der Waals surface area contributed by atoms with Crippen molar-refractivity contribution in [3.63, 3.8) is 0 Å². The number of carbonyl (C=O) groups is 1. The highest BCUT2D eigenvalue weighted by Gasteiger charge is 2.29. The lowest BCUT2D eigenvalue weighted by Crippen LogP contribution is -2.41. The van der Waals surface area contributed by atoms with Crippen molar-refractivity contribution in [2.75, 3.05) is 13.1 Å². The summed E-state index contributed by atoms with van der Waals surface area (Å²) >= 11 is 0. The molecule has 0 saturated carbocycles. The quantitative estimate of drug-likeness (QED) is 0.869. The van der Waals surface area contributed by atoms with Gasteiger partial charge in [-0.1, -0.05) is 49.4 Å². The fraction of sp³-hybridized carbons (Fsp3) is 0.381. The fourth-order valence-electron chi connectivity index (χ4n) is 3.46. The lowest BCUT2D eigenvalue weighted by Gasteiger charge is -2.34. The zero-order valence-electron chi connectivity index (χ0n) is 14.6. The second-order valence-corrected chi connectivity index (χ2v) is 6.99. The number of piperidine rings is 1. The Hall–Kier alpha value is -2.33. The Bertz CT molecular complexity index is 684. The maximum atomic E-state index is 11.3. The average Bonchev–Trinajstić information content (AvgIpc) is 2.61. The molecule has 2 atom stereocenters. The van der Waals surface area contributed by atoms with E-state index in [2.05, 4.69) is 24.0 Å². The first-order valence-electron chi connectivity index (χ1n) is 8.81. The minimum absolute atomic E-state index is 0.253. The monoisotopic (exact) mass is 339 g/mol. The van der Waals surface area contributed by atoms with E-state index in [-0.39, 0.29) is 5.92 Å². The maximum absolute atomic E-state index is 11.3. The van der Waals surface area contributed by atoms with Gasteiger partial charge in [0.1, 0.15) is 12.4 Å². The highest BCUT2D eigenvalue weighted by molar-refractivity contribution is 5.70. The predicted octanol–water partition coefficient (Wildman–Crippen LogP) is 3.81. The minimum atomic E-state index is -0.679. The second-order valence-electron chi connectivity index (χ2n) is 6.99. The third-order valence-corrected chi connectivity index (χ3v) is 4.66. The topological polar surface area (TPSA) is 49.8 Å². The first-order valence-corrected chi connectivity index (χ1v) is 8.81. The van der Waals surface area contributed by atoms with Crippen LogP contribution in [0.1, 0.15) is 24.5 Å². The smallest absolute Gasteiger partial charge is 0.307 e. The van der Waals surface area contributed by atoms with Gasteiger partial charge in [-0.2, -0.15) is 0 Å². The van der Waals surface area contributed by atoms with E-state index in [0.717, 1.165) is 30.8 Å². The van der Waals surface area contributed by atoms with E-state index in [1.807, 2.05) is 42.5 Å². The van der Waals surface area contributed by atoms with Crippen LogP contribution in [-0.2, 0) is 17.9 Å². The standard InChI is InChI=1S/C21H25NO3/c1-16-11-19(21(23)24)14-22(12-16)13-17-7-9-20(10-8-17)25-15-18-5-3-2-4-6-18/h2-10,16,19H,11-15H2,1H3,(H,23,24). The largest absolute Gasteiger partial charge is 0.489 e.